The Bertz CT molecular complexity index is 190. The van der Waals surface area contributed by atoms with Crippen LogP contribution in [0.5, 0.6) is 0 Å². The molecule has 0 aromatic heterocycles. The number of ether oxygens (including phenoxy) is 1. The molecule has 0 radical (unpaired) electrons. The first-order chi connectivity index (χ1) is 5.70. The molecule has 0 fully saturated rings. The Hall–Kier alpha value is -0.240. The van der Waals surface area contributed by atoms with E-state index in [0.717, 1.165) is 0 Å². The molecule has 2 nitrogen and oxygen atoms in total. The SMILES string of the molecule is [2H]C([2H])(Cl)C([2H])([2H])CC(=O)OCC. The molecule has 0 aliphatic rings. The van der Waals surface area contributed by atoms with Crippen LogP contribution in [-0.2, 0) is 9.53 Å². The van der Waals surface area contributed by atoms with Crippen molar-refractivity contribution >= 4 is 17.6 Å². The maximum absolute atomic E-state index is 10.8. The molecule has 0 aromatic carbocycles. The van der Waals surface area contributed by atoms with E-state index in [0.29, 0.717) is 0 Å². The Morgan fingerprint density at radius 3 is 3.00 bits per heavy atom. The van der Waals surface area contributed by atoms with Crippen molar-refractivity contribution in [1.29, 1.82) is 0 Å². The predicted octanol–water partition coefficient (Wildman–Crippen LogP) is 1.57. The number of rotatable bonds is 4. The minimum atomic E-state index is -2.57. The molecule has 0 unspecified atom stereocenters. The Balaban J connectivity index is 4.26. The van der Waals surface area contributed by atoms with Gasteiger partial charge in [-0.1, -0.05) is 0 Å². The van der Waals surface area contributed by atoms with Crippen LogP contribution < -0.4 is 0 Å². The molecular formula is C6H11ClO2. The number of carbonyl (C=O) groups excluding carboxylic acids is 1. The highest BCUT2D eigenvalue weighted by Gasteiger charge is 1.98. The third-order valence-electron chi connectivity index (χ3n) is 0.605. The Morgan fingerprint density at radius 2 is 2.56 bits per heavy atom. The van der Waals surface area contributed by atoms with Crippen molar-refractivity contribution < 1.29 is 15.0 Å². The second-order valence-corrected chi connectivity index (χ2v) is 1.44. The van der Waals surface area contributed by atoms with Gasteiger partial charge in [-0.15, -0.1) is 11.6 Å². The van der Waals surface area contributed by atoms with Crippen LogP contribution >= 0.6 is 11.6 Å². The van der Waals surface area contributed by atoms with E-state index in [4.69, 9.17) is 17.1 Å². The van der Waals surface area contributed by atoms with Crippen molar-refractivity contribution in [1.82, 2.24) is 0 Å². The normalized spacial score (nSPS) is 18.9. The largest absolute Gasteiger partial charge is 0.466 e. The van der Waals surface area contributed by atoms with Gasteiger partial charge in [-0.25, -0.2) is 0 Å². The van der Waals surface area contributed by atoms with E-state index < -0.39 is 24.6 Å². The summed E-state index contributed by atoms with van der Waals surface area (Å²) < 4.78 is 32.6. The first kappa shape index (κ1) is 3.81. The number of carbonyl (C=O) groups is 1. The zero-order valence-electron chi connectivity index (χ0n) is 9.11. The van der Waals surface area contributed by atoms with Crippen molar-refractivity contribution in [2.45, 2.75) is 19.7 Å². The van der Waals surface area contributed by atoms with Crippen LogP contribution in [-0.4, -0.2) is 18.4 Å². The first-order valence-electron chi connectivity index (χ1n) is 4.55. The lowest BCUT2D eigenvalue weighted by Gasteiger charge is -1.97. The van der Waals surface area contributed by atoms with E-state index in [1.54, 1.807) is 6.92 Å². The van der Waals surface area contributed by atoms with Gasteiger partial charge in [0.05, 0.1) is 6.61 Å². The molecule has 0 aliphatic carbocycles. The lowest BCUT2D eigenvalue weighted by Crippen LogP contribution is -2.03. The van der Waals surface area contributed by atoms with Gasteiger partial charge in [0.2, 0.25) is 0 Å². The quantitative estimate of drug-likeness (QED) is 0.454. The van der Waals surface area contributed by atoms with E-state index in [-0.39, 0.29) is 6.61 Å². The lowest BCUT2D eigenvalue weighted by molar-refractivity contribution is -0.143. The smallest absolute Gasteiger partial charge is 0.305 e. The third-order valence-corrected chi connectivity index (χ3v) is 0.738. The second kappa shape index (κ2) is 5.89. The summed E-state index contributed by atoms with van der Waals surface area (Å²) in [6.07, 6.45) is -3.10. The maximum atomic E-state index is 10.8. The Labute approximate surface area is 65.8 Å². The van der Waals surface area contributed by atoms with Gasteiger partial charge >= 0.3 is 5.97 Å². The van der Waals surface area contributed by atoms with Crippen molar-refractivity contribution in [2.24, 2.45) is 0 Å². The molecule has 0 atom stereocenters. The molecular weight excluding hydrogens is 140 g/mol. The van der Waals surface area contributed by atoms with Gasteiger partial charge in [-0.2, -0.15) is 0 Å². The van der Waals surface area contributed by atoms with Crippen molar-refractivity contribution in [3.8, 4) is 0 Å². The van der Waals surface area contributed by atoms with Gasteiger partial charge in [0, 0.05) is 17.7 Å². The summed E-state index contributed by atoms with van der Waals surface area (Å²) in [6, 6.07) is 0. The van der Waals surface area contributed by atoms with Crippen molar-refractivity contribution in [2.75, 3.05) is 12.4 Å². The standard InChI is InChI=1S/C6H11ClO2/c1-2-9-6(8)4-3-5-7/h2-5H2,1H3/i3D2,5D2. The van der Waals surface area contributed by atoms with E-state index in [1.165, 1.54) is 0 Å². The van der Waals surface area contributed by atoms with Gasteiger partial charge < -0.3 is 4.74 Å². The molecule has 0 N–H and O–H groups in total. The fourth-order valence-corrected chi connectivity index (χ4v) is 0.384. The zero-order valence-corrected chi connectivity index (χ0v) is 5.86. The summed E-state index contributed by atoms with van der Waals surface area (Å²) >= 11 is 5.12. The molecule has 0 heterocycles. The average Bonchev–Trinajstić information content (AvgIpc) is 1.83. The molecule has 0 aliphatic heterocycles. The minimum Gasteiger partial charge on any atom is -0.466 e. The highest BCUT2D eigenvalue weighted by atomic mass is 35.5. The van der Waals surface area contributed by atoms with E-state index in [1.807, 2.05) is 0 Å². The number of esters is 1. The third kappa shape index (κ3) is 5.63. The van der Waals surface area contributed by atoms with Crippen LogP contribution in [0, 0.1) is 0 Å². The van der Waals surface area contributed by atoms with Crippen LogP contribution in [0.1, 0.15) is 25.2 Å². The Kier molecular flexibility index (Phi) is 2.50. The van der Waals surface area contributed by atoms with Crippen LogP contribution in [0.3, 0.4) is 0 Å². The van der Waals surface area contributed by atoms with Crippen LogP contribution in [0.25, 0.3) is 0 Å². The van der Waals surface area contributed by atoms with Crippen LogP contribution in [0.2, 0.25) is 0 Å². The van der Waals surface area contributed by atoms with Crippen LogP contribution in [0.4, 0.5) is 0 Å². The summed E-state index contributed by atoms with van der Waals surface area (Å²) in [5.41, 5.74) is 0. The molecule has 0 saturated carbocycles. The summed E-state index contributed by atoms with van der Waals surface area (Å²) in [7, 11) is 0. The minimum absolute atomic E-state index is 0.139. The predicted molar refractivity (Wildman–Crippen MR) is 36.6 cm³/mol. The number of halogens is 1. The van der Waals surface area contributed by atoms with E-state index in [2.05, 4.69) is 4.74 Å². The Morgan fingerprint density at radius 1 is 1.89 bits per heavy atom. The summed E-state index contributed by atoms with van der Waals surface area (Å²) in [5, 5.41) is 0. The van der Waals surface area contributed by atoms with Crippen molar-refractivity contribution in [3.63, 3.8) is 0 Å². The molecule has 0 saturated heterocycles. The summed E-state index contributed by atoms with van der Waals surface area (Å²) in [5.74, 6) is -3.36. The van der Waals surface area contributed by atoms with E-state index >= 15 is 0 Å². The van der Waals surface area contributed by atoms with Gasteiger partial charge in [0.25, 0.3) is 0 Å². The second-order valence-electron chi connectivity index (χ2n) is 1.25. The number of alkyl halides is 1. The average molecular weight is 155 g/mol. The van der Waals surface area contributed by atoms with E-state index in [9.17, 15) is 4.79 Å². The topological polar surface area (TPSA) is 26.3 Å². The number of hydrogen-bond acceptors (Lipinski definition) is 2. The van der Waals surface area contributed by atoms with Gasteiger partial charge in [-0.3, -0.25) is 4.79 Å². The zero-order chi connectivity index (χ0) is 10.7. The molecule has 9 heavy (non-hydrogen) atoms. The highest BCUT2D eigenvalue weighted by Crippen LogP contribution is 1.93. The fraction of sp³-hybridized carbons (Fsp3) is 0.833. The molecule has 0 aromatic rings. The van der Waals surface area contributed by atoms with Crippen LogP contribution in [0.15, 0.2) is 0 Å². The lowest BCUT2D eigenvalue weighted by atomic mass is 10.3. The molecule has 0 spiro atoms. The number of hydrogen-bond donors (Lipinski definition) is 0. The monoisotopic (exact) mass is 154 g/mol. The highest BCUT2D eigenvalue weighted by molar-refractivity contribution is 6.17. The van der Waals surface area contributed by atoms with Crippen molar-refractivity contribution in [3.05, 3.63) is 0 Å². The van der Waals surface area contributed by atoms with Gasteiger partial charge in [0.1, 0.15) is 0 Å². The molecule has 3 heteroatoms. The maximum Gasteiger partial charge on any atom is 0.305 e. The molecule has 0 amide bonds. The first-order valence-corrected chi connectivity index (χ1v) is 2.93. The fourth-order valence-electron chi connectivity index (χ4n) is 0.318. The molecule has 54 valence electrons. The summed E-state index contributed by atoms with van der Waals surface area (Å²) in [6.45, 7) is 1.73. The van der Waals surface area contributed by atoms with Gasteiger partial charge in [-0.05, 0) is 13.3 Å². The molecule has 0 rings (SSSR count). The summed E-state index contributed by atoms with van der Waals surface area (Å²) in [4.78, 5) is 10.8. The molecule has 0 bridgehead atoms. The van der Waals surface area contributed by atoms with Gasteiger partial charge in [0.15, 0.2) is 0 Å².